The van der Waals surface area contributed by atoms with Gasteiger partial charge >= 0.3 is 0 Å². The molecular weight excluding hydrogens is 497 g/mol. The van der Waals surface area contributed by atoms with E-state index < -0.39 is 0 Å². The van der Waals surface area contributed by atoms with Gasteiger partial charge in [-0.25, -0.2) is 4.98 Å². The number of rotatable bonds is 6. The molecule has 0 radical (unpaired) electrons. The molecule has 0 amide bonds. The predicted octanol–water partition coefficient (Wildman–Crippen LogP) is 3.58. The zero-order valence-electron chi connectivity index (χ0n) is 17.8. The van der Waals surface area contributed by atoms with Crippen LogP contribution in [-0.4, -0.2) is 62.7 Å². The van der Waals surface area contributed by atoms with Crippen LogP contribution in [-0.2, 0) is 12.8 Å². The zero-order chi connectivity index (χ0) is 19.9. The molecule has 1 fully saturated rings. The second-order valence-corrected chi connectivity index (χ2v) is 8.12. The number of halogens is 1. The Kier molecular flexibility index (Phi) is 9.48. The quantitative estimate of drug-likeness (QED) is 0.352. The van der Waals surface area contributed by atoms with Crippen LogP contribution in [0.3, 0.4) is 0 Å². The van der Waals surface area contributed by atoms with Crippen molar-refractivity contribution in [2.24, 2.45) is 4.99 Å². The van der Waals surface area contributed by atoms with Crippen molar-refractivity contribution >= 4 is 47.0 Å². The van der Waals surface area contributed by atoms with E-state index in [0.717, 1.165) is 57.3 Å². The lowest BCUT2D eigenvalue weighted by atomic mass is 10.2. The summed E-state index contributed by atoms with van der Waals surface area (Å²) in [6, 6.07) is 8.22. The fraction of sp³-hybridized carbons (Fsp3) is 0.524. The van der Waals surface area contributed by atoms with Crippen molar-refractivity contribution in [2.75, 3.05) is 51.8 Å². The molecule has 3 rings (SSSR count). The fourth-order valence-corrected chi connectivity index (χ4v) is 4.61. The number of aromatic nitrogens is 1. The third-order valence-corrected chi connectivity index (χ3v) is 6.18. The van der Waals surface area contributed by atoms with E-state index in [1.807, 2.05) is 30.5 Å². The Morgan fingerprint density at radius 2 is 1.97 bits per heavy atom. The second kappa shape index (κ2) is 11.6. The average molecular weight is 529 g/mol. The lowest BCUT2D eigenvalue weighted by molar-refractivity contribution is 0.367. The third-order valence-electron chi connectivity index (χ3n) is 5.11. The van der Waals surface area contributed by atoms with Crippen molar-refractivity contribution in [3.8, 4) is 5.75 Å². The summed E-state index contributed by atoms with van der Waals surface area (Å²) in [6.45, 7) is 8.96. The molecule has 1 aromatic carbocycles. The van der Waals surface area contributed by atoms with E-state index in [4.69, 9.17) is 9.72 Å². The first-order chi connectivity index (χ1) is 13.7. The van der Waals surface area contributed by atoms with Crippen LogP contribution in [0, 0.1) is 6.92 Å². The average Bonchev–Trinajstić information content (AvgIpc) is 3.11. The third kappa shape index (κ3) is 5.97. The van der Waals surface area contributed by atoms with Crippen LogP contribution in [0.1, 0.15) is 22.5 Å². The summed E-state index contributed by atoms with van der Waals surface area (Å²) in [4.78, 5) is 15.3. The van der Waals surface area contributed by atoms with Crippen molar-refractivity contribution in [3.63, 3.8) is 0 Å². The van der Waals surface area contributed by atoms with Gasteiger partial charge in [-0.1, -0.05) is 19.1 Å². The van der Waals surface area contributed by atoms with Gasteiger partial charge in [0, 0.05) is 51.1 Å². The van der Waals surface area contributed by atoms with E-state index in [1.54, 1.807) is 7.11 Å². The summed E-state index contributed by atoms with van der Waals surface area (Å²) in [7, 11) is 3.59. The molecule has 0 spiro atoms. The molecule has 8 heteroatoms. The molecular formula is C21H32IN5OS. The van der Waals surface area contributed by atoms with Gasteiger partial charge in [0.25, 0.3) is 0 Å². The Morgan fingerprint density at radius 1 is 1.24 bits per heavy atom. The number of benzene rings is 1. The lowest BCUT2D eigenvalue weighted by Crippen LogP contribution is -2.52. The second-order valence-electron chi connectivity index (χ2n) is 6.83. The van der Waals surface area contributed by atoms with Gasteiger partial charge < -0.3 is 19.9 Å². The highest BCUT2D eigenvalue weighted by Crippen LogP contribution is 2.28. The van der Waals surface area contributed by atoms with Gasteiger partial charge in [0.15, 0.2) is 5.96 Å². The first-order valence-corrected chi connectivity index (χ1v) is 10.8. The predicted molar refractivity (Wildman–Crippen MR) is 133 cm³/mol. The molecule has 160 valence electrons. The van der Waals surface area contributed by atoms with E-state index in [1.165, 1.54) is 21.3 Å². The van der Waals surface area contributed by atoms with E-state index in [2.05, 4.69) is 46.1 Å². The molecule has 1 N–H and O–H groups in total. The Labute approximate surface area is 195 Å². The molecule has 0 atom stereocenters. The molecule has 1 aromatic heterocycles. The molecule has 2 heterocycles. The molecule has 1 saturated heterocycles. The van der Waals surface area contributed by atoms with Crippen molar-refractivity contribution in [1.29, 1.82) is 0 Å². The number of thiazole rings is 1. The lowest BCUT2D eigenvalue weighted by Gasteiger charge is -2.38. The van der Waals surface area contributed by atoms with Crippen molar-refractivity contribution in [2.45, 2.75) is 26.7 Å². The zero-order valence-corrected chi connectivity index (χ0v) is 20.9. The molecule has 6 nitrogen and oxygen atoms in total. The minimum atomic E-state index is 0. The highest BCUT2D eigenvalue weighted by atomic mass is 127. The minimum absolute atomic E-state index is 0. The molecule has 0 saturated carbocycles. The van der Waals surface area contributed by atoms with Crippen LogP contribution in [0.2, 0.25) is 0 Å². The van der Waals surface area contributed by atoms with Crippen LogP contribution in [0.25, 0.3) is 0 Å². The van der Waals surface area contributed by atoms with Gasteiger partial charge in [-0.2, -0.15) is 0 Å². The molecule has 29 heavy (non-hydrogen) atoms. The van der Waals surface area contributed by atoms with Crippen LogP contribution in [0.4, 0.5) is 5.69 Å². The van der Waals surface area contributed by atoms with Crippen molar-refractivity contribution < 1.29 is 4.74 Å². The van der Waals surface area contributed by atoms with E-state index in [9.17, 15) is 0 Å². The smallest absolute Gasteiger partial charge is 0.193 e. The number of methoxy groups -OCH3 is 1. The standard InChI is InChI=1S/C21H31N5OS.HI/c1-5-17-16(2)28-20(24-17)10-11-23-21(22-3)26-14-12-25(13-15-26)18-8-6-7-9-19(18)27-4;/h6-9H,5,10-15H2,1-4H3,(H,22,23);1H. The Bertz CT molecular complexity index is 802. The maximum atomic E-state index is 5.51. The van der Waals surface area contributed by atoms with Gasteiger partial charge in [-0.15, -0.1) is 35.3 Å². The number of anilines is 1. The Balaban J connectivity index is 0.00000300. The van der Waals surface area contributed by atoms with Crippen molar-refractivity contribution in [1.82, 2.24) is 15.2 Å². The number of ether oxygens (including phenoxy) is 1. The van der Waals surface area contributed by atoms with Crippen LogP contribution in [0.5, 0.6) is 5.75 Å². The number of hydrogen-bond acceptors (Lipinski definition) is 5. The summed E-state index contributed by atoms with van der Waals surface area (Å²) in [6.07, 6.45) is 1.94. The number of para-hydroxylation sites is 2. The van der Waals surface area contributed by atoms with Gasteiger partial charge in [-0.3, -0.25) is 4.99 Å². The molecule has 1 aliphatic rings. The number of nitrogens with one attached hydrogen (secondary N) is 1. The van der Waals surface area contributed by atoms with Crippen molar-refractivity contribution in [3.05, 3.63) is 39.8 Å². The van der Waals surface area contributed by atoms with E-state index in [-0.39, 0.29) is 24.0 Å². The van der Waals surface area contributed by atoms with E-state index >= 15 is 0 Å². The molecule has 0 unspecified atom stereocenters. The molecule has 1 aliphatic heterocycles. The van der Waals surface area contributed by atoms with Gasteiger partial charge in [-0.05, 0) is 25.5 Å². The SMILES string of the molecule is CCc1nc(CCNC(=NC)N2CCN(c3ccccc3OC)CC2)sc1C.I. The number of guanidine groups is 1. The largest absolute Gasteiger partial charge is 0.495 e. The summed E-state index contributed by atoms with van der Waals surface area (Å²) in [5.41, 5.74) is 2.40. The number of aliphatic imine (C=N–C) groups is 1. The molecule has 0 bridgehead atoms. The highest BCUT2D eigenvalue weighted by molar-refractivity contribution is 14.0. The topological polar surface area (TPSA) is 53.0 Å². The van der Waals surface area contributed by atoms with Crippen LogP contribution >= 0.6 is 35.3 Å². The minimum Gasteiger partial charge on any atom is -0.495 e. The Morgan fingerprint density at radius 3 is 2.59 bits per heavy atom. The van der Waals surface area contributed by atoms with Gasteiger partial charge in [0.05, 0.1) is 23.5 Å². The first kappa shape index (κ1) is 23.7. The van der Waals surface area contributed by atoms with Crippen LogP contribution in [0.15, 0.2) is 29.3 Å². The summed E-state index contributed by atoms with van der Waals surface area (Å²) in [5, 5.41) is 4.72. The van der Waals surface area contributed by atoms with E-state index in [0.29, 0.717) is 0 Å². The summed E-state index contributed by atoms with van der Waals surface area (Å²) >= 11 is 1.81. The maximum Gasteiger partial charge on any atom is 0.193 e. The highest BCUT2D eigenvalue weighted by Gasteiger charge is 2.21. The number of hydrogen-bond donors (Lipinski definition) is 1. The number of aryl methyl sites for hydroxylation is 2. The summed E-state index contributed by atoms with van der Waals surface area (Å²) < 4.78 is 5.51. The maximum absolute atomic E-state index is 5.51. The monoisotopic (exact) mass is 529 g/mol. The summed E-state index contributed by atoms with van der Waals surface area (Å²) in [5.74, 6) is 1.91. The molecule has 0 aliphatic carbocycles. The number of nitrogens with zero attached hydrogens (tertiary/aromatic N) is 4. The molecule has 2 aromatic rings. The van der Waals surface area contributed by atoms with Gasteiger partial charge in [0.1, 0.15) is 5.75 Å². The fourth-order valence-electron chi connectivity index (χ4n) is 3.59. The normalized spacial score (nSPS) is 14.6. The number of piperazine rings is 1. The Hall–Kier alpha value is -1.55. The first-order valence-electron chi connectivity index (χ1n) is 9.95. The van der Waals surface area contributed by atoms with Crippen LogP contribution < -0.4 is 15.0 Å². The van der Waals surface area contributed by atoms with Gasteiger partial charge in [0.2, 0.25) is 0 Å².